The zero-order valence-corrected chi connectivity index (χ0v) is 15.0. The standard InChI is InChI=1S/C19H12F2N4O2S/c20-13-6-5-11(7-14(13)21)16-9-28-19(23-16)24-17(26)8-25-10-22-15-4-2-1-3-12(15)18(25)27/h1-7,9-10H,8H2,(H,23,24,26). The first-order valence-electron chi connectivity index (χ1n) is 8.16. The Hall–Kier alpha value is -3.46. The van der Waals surface area contributed by atoms with Crippen LogP contribution in [0.4, 0.5) is 13.9 Å². The molecule has 0 atom stereocenters. The van der Waals surface area contributed by atoms with E-state index in [4.69, 9.17) is 0 Å². The highest BCUT2D eigenvalue weighted by atomic mass is 32.1. The first-order chi connectivity index (χ1) is 13.5. The summed E-state index contributed by atoms with van der Waals surface area (Å²) < 4.78 is 27.6. The van der Waals surface area contributed by atoms with Crippen molar-refractivity contribution in [2.45, 2.75) is 6.54 Å². The fourth-order valence-electron chi connectivity index (χ4n) is 2.65. The maximum Gasteiger partial charge on any atom is 0.261 e. The molecule has 0 aliphatic rings. The van der Waals surface area contributed by atoms with E-state index >= 15 is 0 Å². The van der Waals surface area contributed by atoms with Crippen molar-refractivity contribution < 1.29 is 13.6 Å². The fourth-order valence-corrected chi connectivity index (χ4v) is 3.39. The van der Waals surface area contributed by atoms with E-state index in [1.54, 1.807) is 29.6 Å². The molecule has 0 saturated carbocycles. The molecule has 6 nitrogen and oxygen atoms in total. The molecule has 1 N–H and O–H groups in total. The SMILES string of the molecule is O=C(Cn1cnc2ccccc2c1=O)Nc1nc(-c2ccc(F)c(F)c2)cs1. The molecule has 0 radical (unpaired) electrons. The summed E-state index contributed by atoms with van der Waals surface area (Å²) in [4.78, 5) is 33.1. The van der Waals surface area contributed by atoms with Crippen molar-refractivity contribution in [2.24, 2.45) is 0 Å². The van der Waals surface area contributed by atoms with E-state index in [0.29, 0.717) is 22.2 Å². The molecule has 9 heteroatoms. The first kappa shape index (κ1) is 17.9. The maximum atomic E-state index is 13.4. The fraction of sp³-hybridized carbons (Fsp3) is 0.0526. The van der Waals surface area contributed by atoms with Gasteiger partial charge < -0.3 is 5.32 Å². The van der Waals surface area contributed by atoms with Gasteiger partial charge in [0.05, 0.1) is 22.9 Å². The average Bonchev–Trinajstić information content (AvgIpc) is 3.15. The van der Waals surface area contributed by atoms with Crippen LogP contribution < -0.4 is 10.9 Å². The predicted molar refractivity (Wildman–Crippen MR) is 102 cm³/mol. The molecule has 140 valence electrons. The number of halogens is 2. The minimum absolute atomic E-state index is 0.225. The van der Waals surface area contributed by atoms with Gasteiger partial charge in [0.1, 0.15) is 6.54 Å². The molecule has 0 aliphatic heterocycles. The third-order valence-corrected chi connectivity index (χ3v) is 4.77. The molecular weight excluding hydrogens is 386 g/mol. The lowest BCUT2D eigenvalue weighted by Crippen LogP contribution is -2.27. The number of hydrogen-bond donors (Lipinski definition) is 1. The number of para-hydroxylation sites is 1. The predicted octanol–water partition coefficient (Wildman–Crippen LogP) is 3.44. The van der Waals surface area contributed by atoms with Gasteiger partial charge in [-0.25, -0.2) is 18.7 Å². The summed E-state index contributed by atoms with van der Waals surface area (Å²) in [6, 6.07) is 10.3. The molecule has 2 aromatic carbocycles. The van der Waals surface area contributed by atoms with Gasteiger partial charge in [-0.15, -0.1) is 11.3 Å². The summed E-state index contributed by atoms with van der Waals surface area (Å²) >= 11 is 1.14. The van der Waals surface area contributed by atoms with Gasteiger partial charge in [0.25, 0.3) is 5.56 Å². The number of benzene rings is 2. The normalized spacial score (nSPS) is 10.9. The third kappa shape index (κ3) is 3.52. The van der Waals surface area contributed by atoms with E-state index in [2.05, 4.69) is 15.3 Å². The molecule has 4 rings (SSSR count). The van der Waals surface area contributed by atoms with E-state index in [0.717, 1.165) is 23.5 Å². The summed E-state index contributed by atoms with van der Waals surface area (Å²) in [5.41, 5.74) is 1.04. The summed E-state index contributed by atoms with van der Waals surface area (Å²) in [5.74, 6) is -2.37. The molecule has 0 fully saturated rings. The lowest BCUT2D eigenvalue weighted by molar-refractivity contribution is -0.116. The van der Waals surface area contributed by atoms with Gasteiger partial charge >= 0.3 is 0 Å². The summed E-state index contributed by atoms with van der Waals surface area (Å²) in [5, 5.41) is 4.92. The maximum absolute atomic E-state index is 13.4. The van der Waals surface area contributed by atoms with Crippen molar-refractivity contribution >= 4 is 33.3 Å². The van der Waals surface area contributed by atoms with Crippen LogP contribution in [0.2, 0.25) is 0 Å². The Balaban J connectivity index is 1.50. The second-order valence-corrected chi connectivity index (χ2v) is 6.77. The molecule has 1 amide bonds. The monoisotopic (exact) mass is 398 g/mol. The van der Waals surface area contributed by atoms with Crippen molar-refractivity contribution in [1.29, 1.82) is 0 Å². The topological polar surface area (TPSA) is 76.9 Å². The Morgan fingerprint density at radius 2 is 1.96 bits per heavy atom. The van der Waals surface area contributed by atoms with Crippen molar-refractivity contribution in [3.8, 4) is 11.3 Å². The molecule has 0 saturated heterocycles. The second kappa shape index (κ2) is 7.28. The Bertz CT molecular complexity index is 1250. The van der Waals surface area contributed by atoms with E-state index < -0.39 is 17.5 Å². The third-order valence-electron chi connectivity index (χ3n) is 4.01. The minimum atomic E-state index is -0.973. The number of nitrogens with one attached hydrogen (secondary N) is 1. The summed E-state index contributed by atoms with van der Waals surface area (Å²) in [6.07, 6.45) is 1.32. The van der Waals surface area contributed by atoms with Crippen molar-refractivity contribution in [2.75, 3.05) is 5.32 Å². The van der Waals surface area contributed by atoms with Crippen LogP contribution in [0.25, 0.3) is 22.2 Å². The van der Waals surface area contributed by atoms with Crippen LogP contribution >= 0.6 is 11.3 Å². The molecule has 0 bridgehead atoms. The van der Waals surface area contributed by atoms with Gasteiger partial charge in [-0.1, -0.05) is 12.1 Å². The number of rotatable bonds is 4. The number of hydrogen-bond acceptors (Lipinski definition) is 5. The number of thiazole rings is 1. The quantitative estimate of drug-likeness (QED) is 0.571. The van der Waals surface area contributed by atoms with Crippen LogP contribution in [0.5, 0.6) is 0 Å². The first-order valence-corrected chi connectivity index (χ1v) is 9.04. The minimum Gasteiger partial charge on any atom is -0.300 e. The lowest BCUT2D eigenvalue weighted by Gasteiger charge is -2.06. The van der Waals surface area contributed by atoms with Crippen LogP contribution in [0.1, 0.15) is 0 Å². The number of anilines is 1. The molecule has 4 aromatic rings. The van der Waals surface area contributed by atoms with Gasteiger partial charge in [-0.05, 0) is 30.3 Å². The Labute approximate surface area is 161 Å². The molecule has 2 heterocycles. The molecule has 28 heavy (non-hydrogen) atoms. The van der Waals surface area contributed by atoms with Crippen molar-refractivity contribution in [3.05, 3.63) is 76.2 Å². The van der Waals surface area contributed by atoms with Crippen LogP contribution in [-0.2, 0) is 11.3 Å². The molecule has 0 spiro atoms. The number of carbonyl (C=O) groups is 1. The highest BCUT2D eigenvalue weighted by molar-refractivity contribution is 7.14. The Morgan fingerprint density at radius 3 is 2.79 bits per heavy atom. The molecule has 2 aromatic heterocycles. The number of aromatic nitrogens is 3. The number of nitrogens with zero attached hydrogens (tertiary/aromatic N) is 3. The second-order valence-electron chi connectivity index (χ2n) is 5.91. The van der Waals surface area contributed by atoms with Crippen LogP contribution in [0.15, 0.2) is 59.0 Å². The van der Waals surface area contributed by atoms with Crippen LogP contribution in [0.3, 0.4) is 0 Å². The van der Waals surface area contributed by atoms with E-state index in [1.807, 2.05) is 0 Å². The molecular formula is C19H12F2N4O2S. The van der Waals surface area contributed by atoms with Gasteiger partial charge in [0.2, 0.25) is 5.91 Å². The zero-order valence-electron chi connectivity index (χ0n) is 14.2. The average molecular weight is 398 g/mol. The lowest BCUT2D eigenvalue weighted by atomic mass is 10.2. The summed E-state index contributed by atoms with van der Waals surface area (Å²) in [7, 11) is 0. The van der Waals surface area contributed by atoms with Gasteiger partial charge in [0, 0.05) is 10.9 Å². The highest BCUT2D eigenvalue weighted by Gasteiger charge is 2.12. The van der Waals surface area contributed by atoms with Crippen molar-refractivity contribution in [3.63, 3.8) is 0 Å². The zero-order chi connectivity index (χ0) is 19.7. The number of carbonyl (C=O) groups excluding carboxylic acids is 1. The van der Waals surface area contributed by atoms with Gasteiger partial charge in [-0.2, -0.15) is 0 Å². The summed E-state index contributed by atoms with van der Waals surface area (Å²) in [6.45, 7) is -0.225. The van der Waals surface area contributed by atoms with Gasteiger partial charge in [-0.3, -0.25) is 14.2 Å². The van der Waals surface area contributed by atoms with Gasteiger partial charge in [0.15, 0.2) is 16.8 Å². The van der Waals surface area contributed by atoms with E-state index in [1.165, 1.54) is 17.0 Å². The van der Waals surface area contributed by atoms with E-state index in [-0.39, 0.29) is 17.2 Å². The Kier molecular flexibility index (Phi) is 4.66. The Morgan fingerprint density at radius 1 is 1.14 bits per heavy atom. The molecule has 0 unspecified atom stereocenters. The van der Waals surface area contributed by atoms with Crippen LogP contribution in [-0.4, -0.2) is 20.4 Å². The largest absolute Gasteiger partial charge is 0.300 e. The molecule has 0 aliphatic carbocycles. The van der Waals surface area contributed by atoms with Crippen molar-refractivity contribution in [1.82, 2.24) is 14.5 Å². The smallest absolute Gasteiger partial charge is 0.261 e. The van der Waals surface area contributed by atoms with Crippen LogP contribution in [0, 0.1) is 11.6 Å². The highest BCUT2D eigenvalue weighted by Crippen LogP contribution is 2.26. The number of fused-ring (bicyclic) bond motifs is 1. The van der Waals surface area contributed by atoms with E-state index in [9.17, 15) is 18.4 Å². The number of amides is 1.